The summed E-state index contributed by atoms with van der Waals surface area (Å²) >= 11 is 0. The third-order valence-electron chi connectivity index (χ3n) is 7.57. The highest BCUT2D eigenvalue weighted by Crippen LogP contribution is 2.22. The van der Waals surface area contributed by atoms with Crippen LogP contribution in [0.4, 0.5) is 16.2 Å². The summed E-state index contributed by atoms with van der Waals surface area (Å²) in [6.45, 7) is 7.06. The van der Waals surface area contributed by atoms with Crippen LogP contribution in [0.2, 0.25) is 0 Å². The highest BCUT2D eigenvalue weighted by Gasteiger charge is 2.38. The Morgan fingerprint density at radius 2 is 1.50 bits per heavy atom. The van der Waals surface area contributed by atoms with Crippen LogP contribution in [0.3, 0.4) is 0 Å². The summed E-state index contributed by atoms with van der Waals surface area (Å²) in [7, 11) is 0. The zero-order chi connectivity index (χ0) is 26.5. The van der Waals surface area contributed by atoms with Gasteiger partial charge in [-0.3, -0.25) is 19.8 Å². The van der Waals surface area contributed by atoms with E-state index in [1.807, 2.05) is 23.1 Å². The molecule has 0 aromatic heterocycles. The van der Waals surface area contributed by atoms with E-state index in [1.165, 1.54) is 17.7 Å². The zero-order valence-corrected chi connectivity index (χ0v) is 21.5. The standard InChI is InChI=1S/C27H34N6O5/c34-26(30-16-14-29(15-17-30)23-6-8-24(9-7-23)33(36)37)25-21-38-19-18-32(25)27(35)31-12-10-28(11-13-31)20-22-4-2-1-3-5-22/h1-9,25H,10-21H2. The Hall–Kier alpha value is -3.70. The smallest absolute Gasteiger partial charge is 0.320 e. The molecule has 5 rings (SSSR count). The number of piperazine rings is 2. The molecule has 3 amide bonds. The second-order valence-electron chi connectivity index (χ2n) is 9.90. The number of non-ortho nitro benzene ring substituents is 1. The number of nitro groups is 1. The van der Waals surface area contributed by atoms with E-state index in [1.54, 1.807) is 21.9 Å². The first-order valence-corrected chi connectivity index (χ1v) is 13.2. The summed E-state index contributed by atoms with van der Waals surface area (Å²) < 4.78 is 5.63. The Morgan fingerprint density at radius 1 is 0.842 bits per heavy atom. The lowest BCUT2D eigenvalue weighted by Crippen LogP contribution is -2.62. The van der Waals surface area contributed by atoms with Gasteiger partial charge in [0.15, 0.2) is 0 Å². The lowest BCUT2D eigenvalue weighted by molar-refractivity contribution is -0.384. The minimum Gasteiger partial charge on any atom is -0.377 e. The van der Waals surface area contributed by atoms with Crippen LogP contribution in [0, 0.1) is 10.1 Å². The Bertz CT molecular complexity index is 1110. The second kappa shape index (κ2) is 11.8. The summed E-state index contributed by atoms with van der Waals surface area (Å²) in [5.74, 6) is -0.0795. The largest absolute Gasteiger partial charge is 0.377 e. The highest BCUT2D eigenvalue weighted by molar-refractivity contribution is 5.87. The lowest BCUT2D eigenvalue weighted by atomic mass is 10.1. The molecular formula is C27H34N6O5. The summed E-state index contributed by atoms with van der Waals surface area (Å²) in [4.78, 5) is 47.3. The number of anilines is 1. The molecule has 0 saturated carbocycles. The number of carbonyl (C=O) groups is 2. The van der Waals surface area contributed by atoms with Crippen LogP contribution in [0.5, 0.6) is 0 Å². The zero-order valence-electron chi connectivity index (χ0n) is 21.5. The number of hydrogen-bond acceptors (Lipinski definition) is 7. The monoisotopic (exact) mass is 522 g/mol. The highest BCUT2D eigenvalue weighted by atomic mass is 16.6. The topological polar surface area (TPSA) is 103 Å². The Labute approximate surface area is 222 Å². The fraction of sp³-hybridized carbons (Fsp3) is 0.481. The van der Waals surface area contributed by atoms with Crippen molar-refractivity contribution >= 4 is 23.3 Å². The van der Waals surface area contributed by atoms with Gasteiger partial charge in [-0.05, 0) is 17.7 Å². The molecule has 0 bridgehead atoms. The predicted molar refractivity (Wildman–Crippen MR) is 142 cm³/mol. The first-order chi connectivity index (χ1) is 18.5. The lowest BCUT2D eigenvalue weighted by Gasteiger charge is -2.43. The molecule has 2 aromatic carbocycles. The average Bonchev–Trinajstić information content (AvgIpc) is 2.97. The van der Waals surface area contributed by atoms with Crippen LogP contribution in [-0.4, -0.2) is 115 Å². The number of benzene rings is 2. The van der Waals surface area contributed by atoms with Crippen LogP contribution in [0.25, 0.3) is 0 Å². The van der Waals surface area contributed by atoms with Gasteiger partial charge < -0.3 is 24.3 Å². The molecule has 202 valence electrons. The van der Waals surface area contributed by atoms with E-state index < -0.39 is 11.0 Å². The van der Waals surface area contributed by atoms with Crippen molar-refractivity contribution in [2.24, 2.45) is 0 Å². The third kappa shape index (κ3) is 5.89. The van der Waals surface area contributed by atoms with Crippen LogP contribution in [-0.2, 0) is 16.1 Å². The molecule has 3 aliphatic heterocycles. The molecule has 3 saturated heterocycles. The van der Waals surface area contributed by atoms with Crippen LogP contribution >= 0.6 is 0 Å². The van der Waals surface area contributed by atoms with E-state index in [-0.39, 0.29) is 24.2 Å². The van der Waals surface area contributed by atoms with Crippen molar-refractivity contribution in [3.8, 4) is 0 Å². The van der Waals surface area contributed by atoms with Gasteiger partial charge in [0.25, 0.3) is 5.69 Å². The van der Waals surface area contributed by atoms with Gasteiger partial charge in [-0.15, -0.1) is 0 Å². The summed E-state index contributed by atoms with van der Waals surface area (Å²) in [5.41, 5.74) is 2.22. The molecule has 1 unspecified atom stereocenters. The molecule has 0 spiro atoms. The number of urea groups is 1. The van der Waals surface area contributed by atoms with Crippen molar-refractivity contribution in [1.82, 2.24) is 19.6 Å². The molecular weight excluding hydrogens is 488 g/mol. The molecule has 2 aromatic rings. The second-order valence-corrected chi connectivity index (χ2v) is 9.90. The maximum atomic E-state index is 13.5. The molecule has 3 heterocycles. The minimum atomic E-state index is -0.621. The average molecular weight is 523 g/mol. The molecule has 3 fully saturated rings. The van der Waals surface area contributed by atoms with Gasteiger partial charge in [-0.25, -0.2) is 4.79 Å². The fourth-order valence-corrected chi connectivity index (χ4v) is 5.34. The van der Waals surface area contributed by atoms with Gasteiger partial charge in [0.2, 0.25) is 5.91 Å². The van der Waals surface area contributed by atoms with Gasteiger partial charge in [0.1, 0.15) is 6.04 Å². The first kappa shape index (κ1) is 25.9. The Kier molecular flexibility index (Phi) is 8.04. The summed E-state index contributed by atoms with van der Waals surface area (Å²) in [6, 6.07) is 16.1. The van der Waals surface area contributed by atoms with E-state index in [0.29, 0.717) is 52.4 Å². The number of nitro benzene ring substituents is 1. The maximum Gasteiger partial charge on any atom is 0.320 e. The van der Waals surface area contributed by atoms with E-state index in [9.17, 15) is 19.7 Å². The number of rotatable bonds is 5. The number of nitrogens with zero attached hydrogens (tertiary/aromatic N) is 6. The van der Waals surface area contributed by atoms with Crippen molar-refractivity contribution < 1.29 is 19.2 Å². The van der Waals surface area contributed by atoms with E-state index >= 15 is 0 Å². The van der Waals surface area contributed by atoms with Crippen molar-refractivity contribution in [2.45, 2.75) is 12.6 Å². The molecule has 3 aliphatic rings. The van der Waals surface area contributed by atoms with Gasteiger partial charge >= 0.3 is 6.03 Å². The molecule has 0 N–H and O–H groups in total. The van der Waals surface area contributed by atoms with E-state index in [0.717, 1.165) is 25.3 Å². The summed E-state index contributed by atoms with van der Waals surface area (Å²) in [6.07, 6.45) is 0. The number of hydrogen-bond donors (Lipinski definition) is 0. The first-order valence-electron chi connectivity index (χ1n) is 13.2. The Morgan fingerprint density at radius 3 is 2.16 bits per heavy atom. The molecule has 1 atom stereocenters. The quantitative estimate of drug-likeness (QED) is 0.436. The maximum absolute atomic E-state index is 13.5. The van der Waals surface area contributed by atoms with Gasteiger partial charge in [0, 0.05) is 83.3 Å². The SMILES string of the molecule is O=C(C1COCCN1C(=O)N1CCN(Cc2ccccc2)CC1)N1CCN(c2ccc([N+](=O)[O-])cc2)CC1. The molecule has 0 aliphatic carbocycles. The third-order valence-corrected chi connectivity index (χ3v) is 7.57. The van der Waals surface area contributed by atoms with Crippen molar-refractivity contribution in [3.05, 3.63) is 70.3 Å². The van der Waals surface area contributed by atoms with Crippen LogP contribution < -0.4 is 4.90 Å². The molecule has 11 heteroatoms. The van der Waals surface area contributed by atoms with Crippen LogP contribution in [0.15, 0.2) is 54.6 Å². The predicted octanol–water partition coefficient (Wildman–Crippen LogP) is 1.88. The number of morpholine rings is 1. The fourth-order valence-electron chi connectivity index (χ4n) is 5.34. The van der Waals surface area contributed by atoms with Crippen molar-refractivity contribution in [1.29, 1.82) is 0 Å². The van der Waals surface area contributed by atoms with Crippen molar-refractivity contribution in [3.63, 3.8) is 0 Å². The van der Waals surface area contributed by atoms with E-state index in [4.69, 9.17) is 4.74 Å². The minimum absolute atomic E-state index is 0.0576. The van der Waals surface area contributed by atoms with E-state index in [2.05, 4.69) is 21.9 Å². The summed E-state index contributed by atoms with van der Waals surface area (Å²) in [5, 5.41) is 10.9. The van der Waals surface area contributed by atoms with Crippen LogP contribution in [0.1, 0.15) is 5.56 Å². The van der Waals surface area contributed by atoms with Gasteiger partial charge in [-0.2, -0.15) is 0 Å². The van der Waals surface area contributed by atoms with Gasteiger partial charge in [-0.1, -0.05) is 30.3 Å². The van der Waals surface area contributed by atoms with Gasteiger partial charge in [0.05, 0.1) is 18.1 Å². The number of amides is 3. The normalized spacial score (nSPS) is 20.9. The molecule has 38 heavy (non-hydrogen) atoms. The number of ether oxygens (including phenoxy) is 1. The molecule has 0 radical (unpaired) electrons. The van der Waals surface area contributed by atoms with Crippen molar-refractivity contribution in [2.75, 3.05) is 77.0 Å². The number of carbonyl (C=O) groups excluding carboxylic acids is 2. The Balaban J connectivity index is 1.14. The molecule has 11 nitrogen and oxygen atoms in total.